The Bertz CT molecular complexity index is 617. The molecule has 0 spiro atoms. The van der Waals surface area contributed by atoms with E-state index in [2.05, 4.69) is 5.10 Å². The van der Waals surface area contributed by atoms with Gasteiger partial charge in [0.1, 0.15) is 0 Å². The lowest BCUT2D eigenvalue weighted by Crippen LogP contribution is -2.03. The van der Waals surface area contributed by atoms with Gasteiger partial charge in [-0.25, -0.2) is 9.48 Å². The van der Waals surface area contributed by atoms with Gasteiger partial charge in [0.25, 0.3) is 0 Å². The predicted octanol–water partition coefficient (Wildman–Crippen LogP) is 2.17. The minimum Gasteiger partial charge on any atom is -0.462 e. The van der Waals surface area contributed by atoms with Crippen LogP contribution in [0.15, 0.2) is 30.6 Å². The summed E-state index contributed by atoms with van der Waals surface area (Å²) in [5.41, 5.74) is 2.51. The summed E-state index contributed by atoms with van der Waals surface area (Å²) in [6.45, 7) is 3.96. The van der Waals surface area contributed by atoms with Crippen molar-refractivity contribution in [1.29, 1.82) is 0 Å². The monoisotopic (exact) mass is 258 g/mol. The second-order valence-corrected chi connectivity index (χ2v) is 4.07. The normalized spacial score (nSPS) is 10.2. The molecule has 5 heteroatoms. The van der Waals surface area contributed by atoms with Crippen molar-refractivity contribution < 1.29 is 14.3 Å². The van der Waals surface area contributed by atoms with Gasteiger partial charge < -0.3 is 4.74 Å². The van der Waals surface area contributed by atoms with Gasteiger partial charge in [-0.1, -0.05) is 11.6 Å². The van der Waals surface area contributed by atoms with Gasteiger partial charge >= 0.3 is 5.97 Å². The molecule has 0 aliphatic heterocycles. The van der Waals surface area contributed by atoms with Crippen molar-refractivity contribution >= 4 is 12.3 Å². The van der Waals surface area contributed by atoms with Crippen molar-refractivity contribution in [2.24, 2.45) is 0 Å². The summed E-state index contributed by atoms with van der Waals surface area (Å²) in [7, 11) is 0. The minimum absolute atomic E-state index is 0.314. The molecule has 1 heterocycles. The number of nitrogens with zero attached hydrogens (tertiary/aromatic N) is 2. The molecule has 2 rings (SSSR count). The maximum absolute atomic E-state index is 11.6. The number of esters is 1. The van der Waals surface area contributed by atoms with Gasteiger partial charge in [0.2, 0.25) is 0 Å². The molecule has 0 aliphatic rings. The number of hydrogen-bond donors (Lipinski definition) is 0. The van der Waals surface area contributed by atoms with E-state index in [-0.39, 0.29) is 0 Å². The molecule has 0 radical (unpaired) electrons. The number of carbonyl (C=O) groups is 2. The molecular weight excluding hydrogens is 244 g/mol. The summed E-state index contributed by atoms with van der Waals surface area (Å²) in [6.07, 6.45) is 3.75. The highest BCUT2D eigenvalue weighted by molar-refractivity contribution is 5.89. The summed E-state index contributed by atoms with van der Waals surface area (Å²) < 4.78 is 6.39. The minimum atomic E-state index is -0.423. The standard InChI is InChI=1S/C14H14N2O3/c1-3-19-14(18)12-7-15-16(8-12)13-5-4-10(2)6-11(13)9-17/h4-9H,3H2,1-2H3. The highest BCUT2D eigenvalue weighted by atomic mass is 16.5. The highest BCUT2D eigenvalue weighted by Crippen LogP contribution is 2.15. The zero-order chi connectivity index (χ0) is 13.8. The van der Waals surface area contributed by atoms with Crippen LogP contribution in [0.5, 0.6) is 0 Å². The van der Waals surface area contributed by atoms with Crippen LogP contribution in [0.4, 0.5) is 0 Å². The summed E-state index contributed by atoms with van der Waals surface area (Å²) in [6, 6.07) is 5.45. The maximum Gasteiger partial charge on any atom is 0.341 e. The van der Waals surface area contributed by atoms with Gasteiger partial charge in [-0.15, -0.1) is 0 Å². The third kappa shape index (κ3) is 2.70. The second-order valence-electron chi connectivity index (χ2n) is 4.07. The van der Waals surface area contributed by atoms with E-state index in [1.165, 1.54) is 10.9 Å². The summed E-state index contributed by atoms with van der Waals surface area (Å²) in [5.74, 6) is -0.423. The second kappa shape index (κ2) is 5.48. The number of aldehydes is 1. The van der Waals surface area contributed by atoms with E-state index < -0.39 is 5.97 Å². The first-order valence-corrected chi connectivity index (χ1v) is 5.93. The Labute approximate surface area is 110 Å². The Balaban J connectivity index is 2.38. The average Bonchev–Trinajstić information content (AvgIpc) is 2.88. The molecule has 0 N–H and O–H groups in total. The zero-order valence-corrected chi connectivity index (χ0v) is 10.8. The van der Waals surface area contributed by atoms with E-state index in [9.17, 15) is 9.59 Å². The summed E-state index contributed by atoms with van der Waals surface area (Å²) in [5, 5.41) is 4.08. The number of aryl methyl sites for hydroxylation is 1. The SMILES string of the molecule is CCOC(=O)c1cnn(-c2ccc(C)cc2C=O)c1. The van der Waals surface area contributed by atoms with E-state index >= 15 is 0 Å². The van der Waals surface area contributed by atoms with Crippen LogP contribution in [0, 0.1) is 6.92 Å². The number of rotatable bonds is 4. The van der Waals surface area contributed by atoms with Crippen molar-refractivity contribution in [3.8, 4) is 5.69 Å². The molecule has 0 saturated heterocycles. The first-order valence-electron chi connectivity index (χ1n) is 5.93. The summed E-state index contributed by atoms with van der Waals surface area (Å²) in [4.78, 5) is 22.6. The first-order chi connectivity index (χ1) is 9.15. The van der Waals surface area contributed by atoms with Gasteiger partial charge in [-0.05, 0) is 26.0 Å². The molecule has 0 bridgehead atoms. The fourth-order valence-electron chi connectivity index (χ4n) is 1.75. The molecule has 1 aromatic heterocycles. The Morgan fingerprint density at radius 2 is 2.26 bits per heavy atom. The van der Waals surface area contributed by atoms with Crippen molar-refractivity contribution in [2.45, 2.75) is 13.8 Å². The predicted molar refractivity (Wildman–Crippen MR) is 69.6 cm³/mol. The van der Waals surface area contributed by atoms with Gasteiger partial charge in [0, 0.05) is 11.8 Å². The van der Waals surface area contributed by atoms with Crippen LogP contribution in [0.2, 0.25) is 0 Å². The number of benzene rings is 1. The topological polar surface area (TPSA) is 61.2 Å². The fourth-order valence-corrected chi connectivity index (χ4v) is 1.75. The largest absolute Gasteiger partial charge is 0.462 e. The molecule has 0 atom stereocenters. The number of ether oxygens (including phenoxy) is 1. The van der Waals surface area contributed by atoms with E-state index in [0.29, 0.717) is 23.4 Å². The van der Waals surface area contributed by atoms with Crippen molar-refractivity contribution in [3.63, 3.8) is 0 Å². The van der Waals surface area contributed by atoms with Gasteiger partial charge in [0.05, 0.1) is 24.1 Å². The molecule has 0 aliphatic carbocycles. The Kier molecular flexibility index (Phi) is 3.75. The maximum atomic E-state index is 11.6. The first kappa shape index (κ1) is 13.0. The van der Waals surface area contributed by atoms with Gasteiger partial charge in [0.15, 0.2) is 6.29 Å². The third-order valence-electron chi connectivity index (χ3n) is 2.65. The Morgan fingerprint density at radius 1 is 1.47 bits per heavy atom. The van der Waals surface area contributed by atoms with Crippen LogP contribution in [0.3, 0.4) is 0 Å². The van der Waals surface area contributed by atoms with Crippen molar-refractivity contribution in [2.75, 3.05) is 6.61 Å². The molecule has 0 unspecified atom stereocenters. The van der Waals surface area contributed by atoms with Crippen molar-refractivity contribution in [1.82, 2.24) is 9.78 Å². The van der Waals surface area contributed by atoms with E-state index in [4.69, 9.17) is 4.74 Å². The van der Waals surface area contributed by atoms with E-state index in [1.807, 2.05) is 13.0 Å². The Morgan fingerprint density at radius 3 is 2.95 bits per heavy atom. The average molecular weight is 258 g/mol. The molecule has 19 heavy (non-hydrogen) atoms. The lowest BCUT2D eigenvalue weighted by Gasteiger charge is -2.05. The molecule has 1 aromatic carbocycles. The lowest BCUT2D eigenvalue weighted by atomic mass is 10.1. The van der Waals surface area contributed by atoms with Crippen LogP contribution in [-0.4, -0.2) is 28.6 Å². The molecule has 0 amide bonds. The van der Waals surface area contributed by atoms with E-state index in [1.54, 1.807) is 25.3 Å². The van der Waals surface area contributed by atoms with E-state index in [0.717, 1.165) is 11.8 Å². The molecule has 98 valence electrons. The lowest BCUT2D eigenvalue weighted by molar-refractivity contribution is 0.0526. The van der Waals surface area contributed by atoms with Gasteiger partial charge in [-0.2, -0.15) is 5.10 Å². The van der Waals surface area contributed by atoms with Crippen LogP contribution < -0.4 is 0 Å². The number of hydrogen-bond acceptors (Lipinski definition) is 4. The number of carbonyl (C=O) groups excluding carboxylic acids is 2. The molecule has 0 fully saturated rings. The summed E-state index contributed by atoms with van der Waals surface area (Å²) >= 11 is 0. The van der Waals surface area contributed by atoms with Crippen LogP contribution in [0.25, 0.3) is 5.69 Å². The van der Waals surface area contributed by atoms with Crippen molar-refractivity contribution in [3.05, 3.63) is 47.3 Å². The third-order valence-corrected chi connectivity index (χ3v) is 2.65. The van der Waals surface area contributed by atoms with Crippen LogP contribution in [0.1, 0.15) is 33.2 Å². The fraction of sp³-hybridized carbons (Fsp3) is 0.214. The molecule has 2 aromatic rings. The van der Waals surface area contributed by atoms with Crippen LogP contribution in [-0.2, 0) is 4.74 Å². The zero-order valence-electron chi connectivity index (χ0n) is 10.8. The van der Waals surface area contributed by atoms with Crippen LogP contribution >= 0.6 is 0 Å². The highest BCUT2D eigenvalue weighted by Gasteiger charge is 2.12. The Hall–Kier alpha value is -2.43. The van der Waals surface area contributed by atoms with Gasteiger partial charge in [-0.3, -0.25) is 4.79 Å². The number of aromatic nitrogens is 2. The molecule has 0 saturated carbocycles. The molecular formula is C14H14N2O3. The molecule has 5 nitrogen and oxygen atoms in total. The smallest absolute Gasteiger partial charge is 0.341 e. The quantitative estimate of drug-likeness (QED) is 0.623.